The lowest BCUT2D eigenvalue weighted by Crippen LogP contribution is -2.40. The van der Waals surface area contributed by atoms with Gasteiger partial charge in [0.05, 0.1) is 26.9 Å². The Morgan fingerprint density at radius 3 is 2.26 bits per heavy atom. The highest BCUT2D eigenvalue weighted by Crippen LogP contribution is 2.44. The van der Waals surface area contributed by atoms with E-state index in [0.717, 1.165) is 0 Å². The van der Waals surface area contributed by atoms with E-state index in [1.54, 1.807) is 32.3 Å². The Morgan fingerprint density at radius 1 is 1.07 bits per heavy atom. The molecule has 3 rings (SSSR count). The number of fused-ring (bicyclic) bond motifs is 1. The highest BCUT2D eigenvalue weighted by molar-refractivity contribution is 5.92. The number of hydrogen-bond donors (Lipinski definition) is 1. The monoisotopic (exact) mass is 378 g/mol. The molecule has 0 unspecified atom stereocenters. The number of nitrogens with zero attached hydrogens (tertiary/aromatic N) is 4. The second-order valence-corrected chi connectivity index (χ2v) is 5.37. The lowest BCUT2D eigenvalue weighted by molar-refractivity contribution is -0.122. The number of hydrogen-bond acceptors (Lipinski definition) is 7. The molecule has 10 heteroatoms. The van der Waals surface area contributed by atoms with Crippen LogP contribution in [-0.2, 0) is 11.3 Å². The number of methoxy groups -OCH3 is 3. The lowest BCUT2D eigenvalue weighted by atomic mass is 10.1. The Hall–Kier alpha value is -3.30. The van der Waals surface area contributed by atoms with Crippen molar-refractivity contribution in [1.29, 1.82) is 0 Å². The van der Waals surface area contributed by atoms with Crippen molar-refractivity contribution in [1.82, 2.24) is 19.7 Å². The Bertz CT molecular complexity index is 820. The Balaban J connectivity index is 0.000000817. The van der Waals surface area contributed by atoms with Crippen molar-refractivity contribution in [2.45, 2.75) is 13.5 Å². The van der Waals surface area contributed by atoms with Crippen molar-refractivity contribution >= 4 is 12.4 Å². The average Bonchev–Trinajstić information content (AvgIpc) is 3.12. The van der Waals surface area contributed by atoms with Crippen LogP contribution >= 0.6 is 0 Å². The molecule has 2 heterocycles. The van der Waals surface area contributed by atoms with E-state index < -0.39 is 0 Å². The fourth-order valence-electron chi connectivity index (χ4n) is 2.92. The zero-order valence-corrected chi connectivity index (χ0v) is 15.6. The number of benzene rings is 1. The summed E-state index contributed by atoms with van der Waals surface area (Å²) in [5, 5.41) is 15.2. The summed E-state index contributed by atoms with van der Waals surface area (Å²) in [4.78, 5) is 22.5. The Morgan fingerprint density at radius 2 is 1.70 bits per heavy atom. The quantitative estimate of drug-likeness (QED) is 0.770. The maximum absolute atomic E-state index is 12.4. The maximum atomic E-state index is 12.4. The van der Waals surface area contributed by atoms with Crippen molar-refractivity contribution in [2.75, 3.05) is 34.4 Å². The van der Waals surface area contributed by atoms with Crippen LogP contribution in [0.15, 0.2) is 12.1 Å². The predicted molar refractivity (Wildman–Crippen MR) is 95.4 cm³/mol. The van der Waals surface area contributed by atoms with Gasteiger partial charge in [0.25, 0.3) is 12.4 Å². The minimum Gasteiger partial charge on any atom is -0.493 e. The van der Waals surface area contributed by atoms with Gasteiger partial charge in [-0.15, -0.1) is 10.2 Å². The molecule has 1 aliphatic heterocycles. The molecule has 1 aliphatic rings. The third-order valence-electron chi connectivity index (χ3n) is 4.15. The number of likely N-dealkylation sites (N-methyl/N-ethyl adjacent to an activating group) is 1. The summed E-state index contributed by atoms with van der Waals surface area (Å²) < 4.78 is 18.0. The van der Waals surface area contributed by atoms with Crippen molar-refractivity contribution in [3.63, 3.8) is 0 Å². The normalized spacial score (nSPS) is 12.6. The Kier molecular flexibility index (Phi) is 6.58. The summed E-state index contributed by atoms with van der Waals surface area (Å²) in [7, 11) is 4.66. The summed E-state index contributed by atoms with van der Waals surface area (Å²) in [6.07, 6.45) is 0. The molecule has 0 saturated heterocycles. The molecule has 0 aliphatic carbocycles. The summed E-state index contributed by atoms with van der Waals surface area (Å²) in [5.74, 6) is 2.35. The molecule has 0 bridgehead atoms. The van der Waals surface area contributed by atoms with Gasteiger partial charge in [-0.1, -0.05) is 0 Å². The van der Waals surface area contributed by atoms with Crippen LogP contribution in [0.25, 0.3) is 11.4 Å². The SMILES string of the molecule is CCN1CCn2c(nnc2-c2ccc(OC)c(OC)c2OC)C1=O.O=CO. The van der Waals surface area contributed by atoms with Crippen LogP contribution in [0, 0.1) is 0 Å². The second-order valence-electron chi connectivity index (χ2n) is 5.37. The van der Waals surface area contributed by atoms with Gasteiger partial charge in [0.15, 0.2) is 17.3 Å². The predicted octanol–water partition coefficient (Wildman–Crippen LogP) is 1.15. The summed E-state index contributed by atoms with van der Waals surface area (Å²) >= 11 is 0. The number of rotatable bonds is 5. The standard InChI is InChI=1S/C16H20N4O4.CH2O2/c1-5-19-8-9-20-14(17-18-15(20)16(19)21)10-6-7-11(22-2)13(24-4)12(10)23-3;2-1-3/h6-7H,5,8-9H2,1-4H3;1H,(H,2,3). The van der Waals surface area contributed by atoms with Gasteiger partial charge in [0, 0.05) is 19.6 Å². The molecule has 10 nitrogen and oxygen atoms in total. The van der Waals surface area contributed by atoms with E-state index >= 15 is 0 Å². The van der Waals surface area contributed by atoms with Crippen LogP contribution in [-0.4, -0.2) is 71.6 Å². The van der Waals surface area contributed by atoms with Crippen LogP contribution in [0.3, 0.4) is 0 Å². The second kappa shape index (κ2) is 8.88. The van der Waals surface area contributed by atoms with Gasteiger partial charge in [-0.25, -0.2) is 0 Å². The van der Waals surface area contributed by atoms with E-state index in [1.165, 1.54) is 0 Å². The van der Waals surface area contributed by atoms with Gasteiger partial charge in [-0.3, -0.25) is 9.59 Å². The molecule has 0 saturated carbocycles. The van der Waals surface area contributed by atoms with Crippen molar-refractivity contribution in [3.8, 4) is 28.6 Å². The molecular formula is C17H22N4O6. The molecule has 1 aromatic carbocycles. The highest BCUT2D eigenvalue weighted by atomic mass is 16.5. The molecule has 0 atom stereocenters. The molecule has 1 N–H and O–H groups in total. The third-order valence-corrected chi connectivity index (χ3v) is 4.15. The van der Waals surface area contributed by atoms with E-state index in [2.05, 4.69) is 10.2 Å². The molecule has 2 aromatic rings. The lowest BCUT2D eigenvalue weighted by Gasteiger charge is -2.26. The summed E-state index contributed by atoms with van der Waals surface area (Å²) in [6, 6.07) is 3.61. The molecular weight excluding hydrogens is 356 g/mol. The van der Waals surface area contributed by atoms with Crippen LogP contribution in [0.5, 0.6) is 17.2 Å². The number of aromatic nitrogens is 3. The fraction of sp³-hybridized carbons (Fsp3) is 0.412. The average molecular weight is 378 g/mol. The van der Waals surface area contributed by atoms with Crippen LogP contribution in [0.4, 0.5) is 0 Å². The smallest absolute Gasteiger partial charge is 0.291 e. The number of carboxylic acid groups (broad SMARTS) is 1. The summed E-state index contributed by atoms with van der Waals surface area (Å²) in [6.45, 7) is 3.61. The van der Waals surface area contributed by atoms with Crippen molar-refractivity contribution in [3.05, 3.63) is 18.0 Å². The first kappa shape index (κ1) is 20.0. The van der Waals surface area contributed by atoms with Gasteiger partial charge in [-0.05, 0) is 19.1 Å². The summed E-state index contributed by atoms with van der Waals surface area (Å²) in [5.41, 5.74) is 0.701. The van der Waals surface area contributed by atoms with E-state index in [0.29, 0.717) is 54.1 Å². The number of carbonyl (C=O) groups is 2. The maximum Gasteiger partial charge on any atom is 0.291 e. The largest absolute Gasteiger partial charge is 0.493 e. The minimum atomic E-state index is -0.250. The van der Waals surface area contributed by atoms with Crippen LogP contribution < -0.4 is 14.2 Å². The third kappa shape index (κ3) is 3.64. The molecule has 1 amide bonds. The van der Waals surface area contributed by atoms with Gasteiger partial charge in [0.1, 0.15) is 0 Å². The first-order chi connectivity index (χ1) is 13.1. The van der Waals surface area contributed by atoms with E-state index in [4.69, 9.17) is 24.1 Å². The zero-order chi connectivity index (χ0) is 20.0. The van der Waals surface area contributed by atoms with E-state index in [-0.39, 0.29) is 12.4 Å². The minimum absolute atomic E-state index is 0.109. The molecule has 27 heavy (non-hydrogen) atoms. The Labute approximate surface area is 156 Å². The van der Waals surface area contributed by atoms with Crippen molar-refractivity contribution in [2.24, 2.45) is 0 Å². The fourth-order valence-corrected chi connectivity index (χ4v) is 2.92. The van der Waals surface area contributed by atoms with Gasteiger partial charge >= 0.3 is 0 Å². The zero-order valence-electron chi connectivity index (χ0n) is 15.6. The van der Waals surface area contributed by atoms with Crippen LogP contribution in [0.2, 0.25) is 0 Å². The molecule has 0 spiro atoms. The van der Waals surface area contributed by atoms with Crippen molar-refractivity contribution < 1.29 is 28.9 Å². The van der Waals surface area contributed by atoms with E-state index in [1.807, 2.05) is 17.6 Å². The molecule has 0 radical (unpaired) electrons. The molecule has 1 aromatic heterocycles. The first-order valence-corrected chi connectivity index (χ1v) is 8.17. The van der Waals surface area contributed by atoms with E-state index in [9.17, 15) is 4.79 Å². The topological polar surface area (TPSA) is 116 Å². The number of carbonyl (C=O) groups excluding carboxylic acids is 1. The number of amides is 1. The highest BCUT2D eigenvalue weighted by Gasteiger charge is 2.30. The molecule has 146 valence electrons. The van der Waals surface area contributed by atoms with Gasteiger partial charge in [0.2, 0.25) is 11.6 Å². The van der Waals surface area contributed by atoms with Crippen LogP contribution in [0.1, 0.15) is 17.5 Å². The molecule has 0 fully saturated rings. The first-order valence-electron chi connectivity index (χ1n) is 8.17. The van der Waals surface area contributed by atoms with Gasteiger partial charge in [-0.2, -0.15) is 0 Å². The number of ether oxygens (including phenoxy) is 3. The van der Waals surface area contributed by atoms with Gasteiger partial charge < -0.3 is 28.8 Å².